The second-order valence-corrected chi connectivity index (χ2v) is 9.03. The van der Waals surface area contributed by atoms with Gasteiger partial charge in [0.1, 0.15) is 10.5 Å². The number of rotatable bonds is 7. The van der Waals surface area contributed by atoms with Crippen molar-refractivity contribution in [1.82, 2.24) is 28.6 Å². The Morgan fingerprint density at radius 1 is 1.27 bits per heavy atom. The van der Waals surface area contributed by atoms with E-state index in [9.17, 15) is 18.0 Å². The molecule has 1 N–H and O–H groups in total. The van der Waals surface area contributed by atoms with Gasteiger partial charge in [0.2, 0.25) is 10.0 Å². The van der Waals surface area contributed by atoms with Gasteiger partial charge < -0.3 is 4.74 Å². The quantitative estimate of drug-likeness (QED) is 0.547. The smallest absolute Gasteiger partial charge is 0.329 e. The largest absolute Gasteiger partial charge is 0.383 e. The number of hydrogen-bond donors (Lipinski definition) is 1. The number of aromatic amines is 1. The van der Waals surface area contributed by atoms with Crippen LogP contribution in [0.2, 0.25) is 0 Å². The van der Waals surface area contributed by atoms with E-state index < -0.39 is 21.3 Å². The van der Waals surface area contributed by atoms with Crippen LogP contribution in [0.4, 0.5) is 0 Å². The summed E-state index contributed by atoms with van der Waals surface area (Å²) in [5, 5.41) is 4.47. The number of ether oxygens (including phenoxy) is 1. The Labute approximate surface area is 173 Å². The highest BCUT2D eigenvalue weighted by Crippen LogP contribution is 2.21. The maximum absolute atomic E-state index is 13.1. The van der Waals surface area contributed by atoms with E-state index in [1.165, 1.54) is 24.5 Å². The highest BCUT2D eigenvalue weighted by Gasteiger charge is 2.25. The molecule has 3 aromatic heterocycles. The lowest BCUT2D eigenvalue weighted by atomic mass is 10.2. The number of aromatic nitrogens is 5. The van der Waals surface area contributed by atoms with E-state index in [1.807, 2.05) is 13.8 Å². The maximum atomic E-state index is 13.1. The lowest BCUT2D eigenvalue weighted by molar-refractivity contribution is 0.182. The summed E-state index contributed by atoms with van der Waals surface area (Å²) in [6.07, 6.45) is 1.15. The van der Waals surface area contributed by atoms with Gasteiger partial charge in [-0.2, -0.15) is 9.40 Å². The van der Waals surface area contributed by atoms with Crippen molar-refractivity contribution in [1.29, 1.82) is 0 Å². The lowest BCUT2D eigenvalue weighted by Crippen LogP contribution is -2.30. The fourth-order valence-corrected chi connectivity index (χ4v) is 4.32. The van der Waals surface area contributed by atoms with Crippen molar-refractivity contribution in [2.24, 2.45) is 7.05 Å². The number of aryl methyl sites for hydroxylation is 2. The summed E-state index contributed by atoms with van der Waals surface area (Å²) in [6.45, 7) is 4.87. The van der Waals surface area contributed by atoms with E-state index in [0.717, 1.165) is 27.7 Å². The third kappa shape index (κ3) is 3.80. The summed E-state index contributed by atoms with van der Waals surface area (Å²) in [4.78, 5) is 29.9. The molecule has 0 saturated carbocycles. The standard InChI is InChI=1S/C18H24N6O5S/c1-11-15(12(2)24(21-11)6-7-29-5)10-22(3)30(27,28)13-8-14-16(19-9-13)23(4)18(26)20-17(14)25/h8-9H,6-7,10H2,1-5H3,(H,20,25,26). The van der Waals surface area contributed by atoms with Gasteiger partial charge in [-0.15, -0.1) is 0 Å². The Morgan fingerprint density at radius 2 is 1.97 bits per heavy atom. The summed E-state index contributed by atoms with van der Waals surface area (Å²) < 4.78 is 35.4. The Hall–Kier alpha value is -2.83. The average Bonchev–Trinajstić information content (AvgIpc) is 2.97. The van der Waals surface area contributed by atoms with Crippen molar-refractivity contribution in [2.45, 2.75) is 31.8 Å². The van der Waals surface area contributed by atoms with Gasteiger partial charge in [-0.05, 0) is 19.9 Å². The van der Waals surface area contributed by atoms with Crippen LogP contribution < -0.4 is 11.2 Å². The van der Waals surface area contributed by atoms with Crippen molar-refractivity contribution in [2.75, 3.05) is 20.8 Å². The topological polar surface area (TPSA) is 132 Å². The molecule has 0 aliphatic rings. The number of pyridine rings is 1. The molecule has 0 bridgehead atoms. The molecule has 0 aliphatic heterocycles. The molecule has 0 aliphatic carbocycles. The monoisotopic (exact) mass is 436 g/mol. The van der Waals surface area contributed by atoms with Crippen molar-refractivity contribution in [3.8, 4) is 0 Å². The molecule has 0 amide bonds. The normalized spacial score (nSPS) is 12.2. The molecule has 0 fully saturated rings. The number of hydrogen-bond acceptors (Lipinski definition) is 7. The molecule has 0 aromatic carbocycles. The van der Waals surface area contributed by atoms with Crippen LogP contribution in [0.1, 0.15) is 17.0 Å². The number of nitrogens with one attached hydrogen (secondary N) is 1. The van der Waals surface area contributed by atoms with E-state index in [0.29, 0.717) is 13.2 Å². The van der Waals surface area contributed by atoms with Crippen molar-refractivity contribution in [3.63, 3.8) is 0 Å². The molecule has 11 nitrogen and oxygen atoms in total. The zero-order chi connectivity index (χ0) is 22.2. The Kier molecular flexibility index (Phi) is 5.92. The Bertz CT molecular complexity index is 1320. The van der Waals surface area contributed by atoms with Gasteiger partial charge in [0.25, 0.3) is 5.56 Å². The zero-order valence-corrected chi connectivity index (χ0v) is 18.3. The van der Waals surface area contributed by atoms with Gasteiger partial charge >= 0.3 is 5.69 Å². The van der Waals surface area contributed by atoms with Crippen molar-refractivity contribution in [3.05, 3.63) is 50.1 Å². The van der Waals surface area contributed by atoms with Gasteiger partial charge in [-0.25, -0.2) is 18.2 Å². The summed E-state index contributed by atoms with van der Waals surface area (Å²) >= 11 is 0. The molecule has 30 heavy (non-hydrogen) atoms. The van der Waals surface area contributed by atoms with Gasteiger partial charge in [-0.3, -0.25) is 19.0 Å². The number of fused-ring (bicyclic) bond motifs is 1. The molecular formula is C18H24N6O5S. The highest BCUT2D eigenvalue weighted by molar-refractivity contribution is 7.89. The number of H-pyrrole nitrogens is 1. The lowest BCUT2D eigenvalue weighted by Gasteiger charge is -2.18. The van der Waals surface area contributed by atoms with E-state index in [-0.39, 0.29) is 22.5 Å². The minimum Gasteiger partial charge on any atom is -0.383 e. The molecule has 0 spiro atoms. The van der Waals surface area contributed by atoms with Crippen LogP contribution in [-0.2, 0) is 34.9 Å². The predicted octanol–water partition coefficient (Wildman–Crippen LogP) is -0.0978. The third-order valence-corrected chi connectivity index (χ3v) is 6.83. The van der Waals surface area contributed by atoms with Crippen molar-refractivity contribution >= 4 is 21.1 Å². The van der Waals surface area contributed by atoms with Crippen LogP contribution in [0.15, 0.2) is 26.7 Å². The molecule has 3 aromatic rings. The molecule has 12 heteroatoms. The summed E-state index contributed by atoms with van der Waals surface area (Å²) in [7, 11) is 0.563. The highest BCUT2D eigenvalue weighted by atomic mass is 32.2. The van der Waals surface area contributed by atoms with Gasteiger partial charge in [0.15, 0.2) is 0 Å². The Morgan fingerprint density at radius 3 is 2.63 bits per heavy atom. The van der Waals surface area contributed by atoms with Gasteiger partial charge in [-0.1, -0.05) is 0 Å². The molecule has 0 radical (unpaired) electrons. The first-order chi connectivity index (χ1) is 14.1. The van der Waals surface area contributed by atoms with Crippen LogP contribution >= 0.6 is 0 Å². The minimum absolute atomic E-state index is 0.0197. The van der Waals surface area contributed by atoms with E-state index in [4.69, 9.17) is 4.74 Å². The summed E-state index contributed by atoms with van der Waals surface area (Å²) in [5.41, 5.74) is 1.18. The fourth-order valence-electron chi connectivity index (χ4n) is 3.20. The van der Waals surface area contributed by atoms with Crippen LogP contribution in [0.3, 0.4) is 0 Å². The third-order valence-electron chi connectivity index (χ3n) is 5.06. The molecule has 0 unspecified atom stereocenters. The number of sulfonamides is 1. The molecular weight excluding hydrogens is 412 g/mol. The van der Waals surface area contributed by atoms with Crippen LogP contribution in [-0.4, -0.2) is 57.8 Å². The first-order valence-corrected chi connectivity index (χ1v) is 10.6. The number of methoxy groups -OCH3 is 1. The summed E-state index contributed by atoms with van der Waals surface area (Å²) in [6, 6.07) is 1.23. The predicted molar refractivity (Wildman–Crippen MR) is 110 cm³/mol. The van der Waals surface area contributed by atoms with E-state index in [2.05, 4.69) is 15.1 Å². The van der Waals surface area contributed by atoms with Crippen LogP contribution in [0.25, 0.3) is 11.0 Å². The van der Waals surface area contributed by atoms with Crippen molar-refractivity contribution < 1.29 is 13.2 Å². The molecule has 0 saturated heterocycles. The van der Waals surface area contributed by atoms with Gasteiger partial charge in [0, 0.05) is 45.2 Å². The second kappa shape index (κ2) is 8.13. The summed E-state index contributed by atoms with van der Waals surface area (Å²) in [5.74, 6) is 0. The molecule has 0 atom stereocenters. The molecule has 3 heterocycles. The van der Waals surface area contributed by atoms with Crippen LogP contribution in [0.5, 0.6) is 0 Å². The van der Waals surface area contributed by atoms with E-state index in [1.54, 1.807) is 11.8 Å². The first kappa shape index (κ1) is 21.9. The Balaban J connectivity index is 1.97. The zero-order valence-electron chi connectivity index (χ0n) is 17.5. The first-order valence-electron chi connectivity index (χ1n) is 9.15. The minimum atomic E-state index is -3.94. The molecule has 3 rings (SSSR count). The number of nitrogens with zero attached hydrogens (tertiary/aromatic N) is 5. The SMILES string of the molecule is COCCn1nc(C)c(CN(C)S(=O)(=O)c2cnc3c(c2)c(=O)[nH]c(=O)n3C)c1C. The van der Waals surface area contributed by atoms with Gasteiger partial charge in [0.05, 0.1) is 24.2 Å². The second-order valence-electron chi connectivity index (χ2n) is 6.99. The van der Waals surface area contributed by atoms with E-state index >= 15 is 0 Å². The maximum Gasteiger partial charge on any atom is 0.329 e. The fraction of sp³-hybridized carbons (Fsp3) is 0.444. The van der Waals surface area contributed by atoms with Crippen LogP contribution in [0, 0.1) is 13.8 Å². The molecule has 162 valence electrons. The average molecular weight is 436 g/mol.